The van der Waals surface area contributed by atoms with Gasteiger partial charge in [0, 0.05) is 23.8 Å². The first kappa shape index (κ1) is 16.7. The molecule has 3 rings (SSSR count). The smallest absolute Gasteiger partial charge is 0.291 e. The molecule has 7 heteroatoms. The van der Waals surface area contributed by atoms with Gasteiger partial charge in [0.05, 0.1) is 10.6 Å². The Labute approximate surface area is 148 Å². The number of anilines is 2. The zero-order valence-electron chi connectivity index (χ0n) is 13.2. The van der Waals surface area contributed by atoms with Gasteiger partial charge in [-0.25, -0.2) is 0 Å². The quantitative estimate of drug-likeness (QED) is 0.736. The molecule has 0 bridgehead atoms. The van der Waals surface area contributed by atoms with Crippen molar-refractivity contribution in [1.29, 1.82) is 0 Å². The number of carbonyl (C=O) groups is 2. The Morgan fingerprint density at radius 1 is 0.960 bits per heavy atom. The molecule has 3 aromatic rings. The first-order valence-electron chi connectivity index (χ1n) is 7.41. The number of hydrogen-bond acceptors (Lipinski definition) is 4. The van der Waals surface area contributed by atoms with E-state index in [0.717, 1.165) is 0 Å². The summed E-state index contributed by atoms with van der Waals surface area (Å²) in [6, 6.07) is 11.6. The summed E-state index contributed by atoms with van der Waals surface area (Å²) in [6.45, 7) is 1.77. The van der Waals surface area contributed by atoms with Crippen molar-refractivity contribution in [3.8, 4) is 0 Å². The Kier molecular flexibility index (Phi) is 4.81. The van der Waals surface area contributed by atoms with Crippen LogP contribution in [0.25, 0.3) is 0 Å². The minimum atomic E-state index is -0.339. The summed E-state index contributed by atoms with van der Waals surface area (Å²) in [7, 11) is 0. The van der Waals surface area contributed by atoms with E-state index in [1.54, 1.807) is 43.3 Å². The van der Waals surface area contributed by atoms with Gasteiger partial charge < -0.3 is 15.1 Å². The third kappa shape index (κ3) is 4.05. The van der Waals surface area contributed by atoms with E-state index in [-0.39, 0.29) is 22.6 Å². The zero-order chi connectivity index (χ0) is 17.8. The van der Waals surface area contributed by atoms with Crippen LogP contribution in [0, 0.1) is 6.92 Å². The van der Waals surface area contributed by atoms with Crippen LogP contribution in [0.3, 0.4) is 0 Å². The van der Waals surface area contributed by atoms with Gasteiger partial charge in [-0.3, -0.25) is 14.6 Å². The largest absolute Gasteiger partial charge is 0.456 e. The summed E-state index contributed by atoms with van der Waals surface area (Å²) in [6.07, 6.45) is 2.90. The number of rotatable bonds is 4. The molecule has 25 heavy (non-hydrogen) atoms. The molecule has 0 fully saturated rings. The molecule has 2 heterocycles. The van der Waals surface area contributed by atoms with Gasteiger partial charge in [-0.15, -0.1) is 0 Å². The van der Waals surface area contributed by atoms with E-state index in [1.165, 1.54) is 18.5 Å². The van der Waals surface area contributed by atoms with E-state index in [2.05, 4.69) is 15.6 Å². The van der Waals surface area contributed by atoms with Crippen molar-refractivity contribution in [2.75, 3.05) is 10.6 Å². The third-order valence-corrected chi connectivity index (χ3v) is 3.68. The molecule has 0 spiro atoms. The third-order valence-electron chi connectivity index (χ3n) is 3.38. The van der Waals surface area contributed by atoms with E-state index < -0.39 is 0 Å². The highest BCUT2D eigenvalue weighted by Gasteiger charge is 2.12. The number of aromatic nitrogens is 1. The molecular weight excluding hydrogens is 342 g/mol. The number of amides is 2. The Morgan fingerprint density at radius 3 is 2.16 bits per heavy atom. The second-order valence-electron chi connectivity index (χ2n) is 5.25. The molecule has 0 aliphatic rings. The average Bonchev–Trinajstić information content (AvgIpc) is 3.03. The number of nitrogens with zero attached hydrogens (tertiary/aromatic N) is 1. The standard InChI is InChI=1S/C18H14ClN3O3/c1-11-2-7-16(25-11)18(24)22-13-5-3-12(4-6-13)21-17(23)14-8-9-20-10-15(14)19/h2-10H,1H3,(H,21,23)(H,22,24). The van der Waals surface area contributed by atoms with E-state index in [0.29, 0.717) is 22.7 Å². The summed E-state index contributed by atoms with van der Waals surface area (Å²) < 4.78 is 5.27. The van der Waals surface area contributed by atoms with E-state index >= 15 is 0 Å². The second kappa shape index (κ2) is 7.19. The second-order valence-corrected chi connectivity index (χ2v) is 5.66. The normalized spacial score (nSPS) is 10.3. The van der Waals surface area contributed by atoms with Crippen molar-refractivity contribution in [3.05, 3.63) is 77.0 Å². The molecule has 0 aliphatic carbocycles. The molecule has 126 valence electrons. The van der Waals surface area contributed by atoms with Gasteiger partial charge in [-0.2, -0.15) is 0 Å². The molecule has 2 N–H and O–H groups in total. The van der Waals surface area contributed by atoms with E-state index in [4.69, 9.17) is 16.0 Å². The van der Waals surface area contributed by atoms with Crippen LogP contribution < -0.4 is 10.6 Å². The van der Waals surface area contributed by atoms with Gasteiger partial charge in [-0.1, -0.05) is 11.6 Å². The van der Waals surface area contributed by atoms with Crippen LogP contribution in [-0.2, 0) is 0 Å². The minimum Gasteiger partial charge on any atom is -0.456 e. The summed E-state index contributed by atoms with van der Waals surface area (Å²) >= 11 is 5.95. The lowest BCUT2D eigenvalue weighted by atomic mass is 10.2. The number of carbonyl (C=O) groups excluding carboxylic acids is 2. The van der Waals surface area contributed by atoms with Crippen molar-refractivity contribution < 1.29 is 14.0 Å². The van der Waals surface area contributed by atoms with Crippen molar-refractivity contribution in [3.63, 3.8) is 0 Å². The fourth-order valence-corrected chi connectivity index (χ4v) is 2.35. The SMILES string of the molecule is Cc1ccc(C(=O)Nc2ccc(NC(=O)c3ccncc3Cl)cc2)o1. The van der Waals surface area contributed by atoms with Crippen molar-refractivity contribution >= 4 is 34.8 Å². The van der Waals surface area contributed by atoms with Crippen LogP contribution in [0.4, 0.5) is 11.4 Å². The first-order valence-corrected chi connectivity index (χ1v) is 7.79. The summed E-state index contributed by atoms with van der Waals surface area (Å²) in [5.41, 5.74) is 1.49. The van der Waals surface area contributed by atoms with Crippen molar-refractivity contribution in [2.45, 2.75) is 6.92 Å². The molecule has 6 nitrogen and oxygen atoms in total. The number of pyridine rings is 1. The average molecular weight is 356 g/mol. The van der Waals surface area contributed by atoms with Crippen LogP contribution in [0.15, 0.2) is 59.3 Å². The van der Waals surface area contributed by atoms with Crippen LogP contribution in [0.1, 0.15) is 26.7 Å². The molecule has 2 aromatic heterocycles. The van der Waals surface area contributed by atoms with Crippen LogP contribution in [0.5, 0.6) is 0 Å². The van der Waals surface area contributed by atoms with Gasteiger partial charge in [0.1, 0.15) is 5.76 Å². The summed E-state index contributed by atoms with van der Waals surface area (Å²) in [5.74, 6) is 0.226. The van der Waals surface area contributed by atoms with E-state index in [9.17, 15) is 9.59 Å². The van der Waals surface area contributed by atoms with Gasteiger partial charge in [0.15, 0.2) is 5.76 Å². The predicted molar refractivity (Wildman–Crippen MR) is 95.0 cm³/mol. The predicted octanol–water partition coefficient (Wildman–Crippen LogP) is 4.14. The molecule has 0 atom stereocenters. The lowest BCUT2D eigenvalue weighted by Gasteiger charge is -2.08. The van der Waals surface area contributed by atoms with Gasteiger partial charge >= 0.3 is 0 Å². The molecular formula is C18H14ClN3O3. The van der Waals surface area contributed by atoms with Crippen LogP contribution >= 0.6 is 11.6 Å². The topological polar surface area (TPSA) is 84.2 Å². The number of nitrogens with one attached hydrogen (secondary N) is 2. The van der Waals surface area contributed by atoms with Gasteiger partial charge in [0.2, 0.25) is 0 Å². The number of halogens is 1. The molecule has 0 saturated heterocycles. The number of furan rings is 1. The zero-order valence-corrected chi connectivity index (χ0v) is 14.0. The fraction of sp³-hybridized carbons (Fsp3) is 0.0556. The van der Waals surface area contributed by atoms with Crippen LogP contribution in [0.2, 0.25) is 5.02 Å². The number of aryl methyl sites for hydroxylation is 1. The molecule has 2 amide bonds. The Hall–Kier alpha value is -3.12. The maximum absolute atomic E-state index is 12.2. The maximum atomic E-state index is 12.2. The first-order chi connectivity index (χ1) is 12.0. The molecule has 0 unspecified atom stereocenters. The highest BCUT2D eigenvalue weighted by atomic mass is 35.5. The summed E-state index contributed by atoms with van der Waals surface area (Å²) in [4.78, 5) is 28.0. The molecule has 1 aromatic carbocycles. The molecule has 0 radical (unpaired) electrons. The lowest BCUT2D eigenvalue weighted by Crippen LogP contribution is -2.13. The number of hydrogen-bond donors (Lipinski definition) is 2. The van der Waals surface area contributed by atoms with Crippen LogP contribution in [-0.4, -0.2) is 16.8 Å². The Bertz CT molecular complexity index is 919. The fourth-order valence-electron chi connectivity index (χ4n) is 2.14. The monoisotopic (exact) mass is 355 g/mol. The maximum Gasteiger partial charge on any atom is 0.291 e. The van der Waals surface area contributed by atoms with Gasteiger partial charge in [-0.05, 0) is 49.4 Å². The lowest BCUT2D eigenvalue weighted by molar-refractivity contribution is 0.0993. The number of benzene rings is 1. The van der Waals surface area contributed by atoms with Crippen molar-refractivity contribution in [2.24, 2.45) is 0 Å². The highest BCUT2D eigenvalue weighted by molar-refractivity contribution is 6.34. The van der Waals surface area contributed by atoms with Gasteiger partial charge in [0.25, 0.3) is 11.8 Å². The van der Waals surface area contributed by atoms with E-state index in [1.807, 2.05) is 0 Å². The molecule has 0 aliphatic heterocycles. The highest BCUT2D eigenvalue weighted by Crippen LogP contribution is 2.18. The minimum absolute atomic E-state index is 0.238. The Morgan fingerprint density at radius 2 is 1.60 bits per heavy atom. The molecule has 0 saturated carbocycles. The Balaban J connectivity index is 1.65. The summed E-state index contributed by atoms with van der Waals surface area (Å²) in [5, 5.41) is 5.73. The van der Waals surface area contributed by atoms with Crippen molar-refractivity contribution in [1.82, 2.24) is 4.98 Å².